The monoisotopic (exact) mass is 399 g/mol. The summed E-state index contributed by atoms with van der Waals surface area (Å²) in [6.45, 7) is 5.69. The molecule has 0 saturated carbocycles. The van der Waals surface area contributed by atoms with Gasteiger partial charge < -0.3 is 15.0 Å². The predicted octanol–water partition coefficient (Wildman–Crippen LogP) is 2.30. The quantitative estimate of drug-likeness (QED) is 0.776. The number of carbonyl (C=O) groups is 2. The van der Waals surface area contributed by atoms with Crippen LogP contribution in [0.25, 0.3) is 0 Å². The van der Waals surface area contributed by atoms with Gasteiger partial charge in [0.05, 0.1) is 6.54 Å². The highest BCUT2D eigenvalue weighted by atomic mass is 19.1. The SMILES string of the molecule is CCNC(=O)CN1CCN(C(=O)c2cccc(OCc3ccc(F)cc3)c2)CC1. The fourth-order valence-corrected chi connectivity index (χ4v) is 3.21. The minimum Gasteiger partial charge on any atom is -0.489 e. The fraction of sp³-hybridized carbons (Fsp3) is 0.364. The van der Waals surface area contributed by atoms with Crippen molar-refractivity contribution >= 4 is 11.8 Å². The molecule has 1 aliphatic rings. The van der Waals surface area contributed by atoms with E-state index in [2.05, 4.69) is 10.2 Å². The lowest BCUT2D eigenvalue weighted by Gasteiger charge is -2.34. The summed E-state index contributed by atoms with van der Waals surface area (Å²) in [4.78, 5) is 28.4. The van der Waals surface area contributed by atoms with Gasteiger partial charge in [-0.25, -0.2) is 4.39 Å². The molecule has 6 nitrogen and oxygen atoms in total. The Morgan fingerprint density at radius 3 is 2.48 bits per heavy atom. The zero-order chi connectivity index (χ0) is 20.6. The number of piperazine rings is 1. The van der Waals surface area contributed by atoms with Gasteiger partial charge in [-0.1, -0.05) is 18.2 Å². The topological polar surface area (TPSA) is 61.9 Å². The van der Waals surface area contributed by atoms with E-state index in [0.717, 1.165) is 5.56 Å². The number of hydrogen-bond acceptors (Lipinski definition) is 4. The number of likely N-dealkylation sites (N-methyl/N-ethyl adjacent to an activating group) is 1. The maximum absolute atomic E-state index is 13.0. The summed E-state index contributed by atoms with van der Waals surface area (Å²) in [6.07, 6.45) is 0. The molecule has 7 heteroatoms. The second-order valence-corrected chi connectivity index (χ2v) is 6.96. The fourth-order valence-electron chi connectivity index (χ4n) is 3.21. The van der Waals surface area contributed by atoms with Crippen molar-refractivity contribution in [3.63, 3.8) is 0 Å². The highest BCUT2D eigenvalue weighted by Gasteiger charge is 2.23. The lowest BCUT2D eigenvalue weighted by atomic mass is 10.1. The molecule has 1 N–H and O–H groups in total. The van der Waals surface area contributed by atoms with Gasteiger partial charge in [0.15, 0.2) is 0 Å². The van der Waals surface area contributed by atoms with Crippen molar-refractivity contribution in [3.05, 3.63) is 65.5 Å². The van der Waals surface area contributed by atoms with Gasteiger partial charge in [-0.15, -0.1) is 0 Å². The van der Waals surface area contributed by atoms with Crippen LogP contribution in [0.2, 0.25) is 0 Å². The Balaban J connectivity index is 1.53. The molecule has 0 bridgehead atoms. The average molecular weight is 399 g/mol. The van der Waals surface area contributed by atoms with Gasteiger partial charge in [-0.2, -0.15) is 0 Å². The molecule has 29 heavy (non-hydrogen) atoms. The van der Waals surface area contributed by atoms with Crippen molar-refractivity contribution in [1.29, 1.82) is 0 Å². The summed E-state index contributed by atoms with van der Waals surface area (Å²) in [6, 6.07) is 13.2. The second kappa shape index (κ2) is 10.0. The van der Waals surface area contributed by atoms with E-state index in [1.54, 1.807) is 41.3 Å². The van der Waals surface area contributed by atoms with E-state index in [4.69, 9.17) is 4.74 Å². The highest BCUT2D eigenvalue weighted by molar-refractivity contribution is 5.94. The van der Waals surface area contributed by atoms with Crippen molar-refractivity contribution in [2.24, 2.45) is 0 Å². The predicted molar refractivity (Wildman–Crippen MR) is 108 cm³/mol. The molecule has 1 fully saturated rings. The number of amides is 2. The second-order valence-electron chi connectivity index (χ2n) is 6.96. The van der Waals surface area contributed by atoms with Gasteiger partial charge in [0, 0.05) is 38.3 Å². The van der Waals surface area contributed by atoms with Crippen LogP contribution in [0, 0.1) is 5.82 Å². The summed E-state index contributed by atoms with van der Waals surface area (Å²) >= 11 is 0. The first-order chi connectivity index (χ1) is 14.0. The zero-order valence-corrected chi connectivity index (χ0v) is 16.6. The van der Waals surface area contributed by atoms with Gasteiger partial charge in [0.2, 0.25) is 5.91 Å². The van der Waals surface area contributed by atoms with E-state index in [1.165, 1.54) is 12.1 Å². The normalized spacial score (nSPS) is 14.5. The van der Waals surface area contributed by atoms with Crippen LogP contribution in [0.15, 0.2) is 48.5 Å². The van der Waals surface area contributed by atoms with E-state index in [9.17, 15) is 14.0 Å². The highest BCUT2D eigenvalue weighted by Crippen LogP contribution is 2.18. The molecule has 2 aromatic rings. The Labute approximate surface area is 170 Å². The Hall–Kier alpha value is -2.93. The zero-order valence-electron chi connectivity index (χ0n) is 16.6. The first kappa shape index (κ1) is 20.8. The molecule has 0 atom stereocenters. The maximum Gasteiger partial charge on any atom is 0.254 e. The van der Waals surface area contributed by atoms with Gasteiger partial charge in [0.1, 0.15) is 18.2 Å². The number of nitrogens with one attached hydrogen (secondary N) is 1. The van der Waals surface area contributed by atoms with Crippen LogP contribution >= 0.6 is 0 Å². The Bertz CT molecular complexity index is 833. The van der Waals surface area contributed by atoms with Crippen molar-refractivity contribution in [3.8, 4) is 5.75 Å². The van der Waals surface area contributed by atoms with Crippen LogP contribution in [0.3, 0.4) is 0 Å². The first-order valence-electron chi connectivity index (χ1n) is 9.81. The van der Waals surface area contributed by atoms with Gasteiger partial charge >= 0.3 is 0 Å². The van der Waals surface area contributed by atoms with Crippen LogP contribution in [0.1, 0.15) is 22.8 Å². The summed E-state index contributed by atoms with van der Waals surface area (Å²) in [5, 5.41) is 2.79. The summed E-state index contributed by atoms with van der Waals surface area (Å²) in [5.74, 6) is 0.274. The molecule has 2 amide bonds. The molecule has 154 valence electrons. The lowest BCUT2D eigenvalue weighted by molar-refractivity contribution is -0.122. The molecule has 0 spiro atoms. The molecule has 3 rings (SSSR count). The van der Waals surface area contributed by atoms with E-state index in [-0.39, 0.29) is 17.6 Å². The van der Waals surface area contributed by atoms with Gasteiger partial charge in [-0.05, 0) is 42.8 Å². The van der Waals surface area contributed by atoms with E-state index in [1.807, 2.05) is 6.92 Å². The minimum atomic E-state index is -0.285. The summed E-state index contributed by atoms with van der Waals surface area (Å²) in [7, 11) is 0. The number of rotatable bonds is 7. The first-order valence-corrected chi connectivity index (χ1v) is 9.81. The smallest absolute Gasteiger partial charge is 0.254 e. The van der Waals surface area contributed by atoms with Crippen molar-refractivity contribution in [1.82, 2.24) is 15.1 Å². The summed E-state index contributed by atoms with van der Waals surface area (Å²) in [5.41, 5.74) is 1.42. The molecule has 0 radical (unpaired) electrons. The molecule has 0 aromatic heterocycles. The van der Waals surface area contributed by atoms with E-state index in [0.29, 0.717) is 57.2 Å². The standard InChI is InChI=1S/C22H26FN3O3/c1-2-24-21(27)15-25-10-12-26(13-11-25)22(28)18-4-3-5-20(14-18)29-16-17-6-8-19(23)9-7-17/h3-9,14H,2,10-13,15-16H2,1H3,(H,24,27). The van der Waals surface area contributed by atoms with Crippen LogP contribution in [-0.2, 0) is 11.4 Å². The lowest BCUT2D eigenvalue weighted by Crippen LogP contribution is -2.51. The number of hydrogen-bond donors (Lipinski definition) is 1. The molecule has 2 aromatic carbocycles. The minimum absolute atomic E-state index is 0.0123. The third-order valence-corrected chi connectivity index (χ3v) is 4.80. The average Bonchev–Trinajstić information content (AvgIpc) is 2.74. The Morgan fingerprint density at radius 1 is 1.07 bits per heavy atom. The Kier molecular flexibility index (Phi) is 7.19. The molecule has 1 aliphatic heterocycles. The van der Waals surface area contributed by atoms with Crippen LogP contribution < -0.4 is 10.1 Å². The number of carbonyl (C=O) groups excluding carboxylic acids is 2. The molecular formula is C22H26FN3O3. The van der Waals surface area contributed by atoms with Crippen molar-refractivity contribution < 1.29 is 18.7 Å². The number of ether oxygens (including phenoxy) is 1. The number of halogens is 1. The van der Waals surface area contributed by atoms with Gasteiger partial charge in [-0.3, -0.25) is 14.5 Å². The van der Waals surface area contributed by atoms with Crippen molar-refractivity contribution in [2.45, 2.75) is 13.5 Å². The van der Waals surface area contributed by atoms with Crippen molar-refractivity contribution in [2.75, 3.05) is 39.3 Å². The molecule has 1 saturated heterocycles. The molecule has 1 heterocycles. The summed E-state index contributed by atoms with van der Waals surface area (Å²) < 4.78 is 18.7. The largest absolute Gasteiger partial charge is 0.489 e. The van der Waals surface area contributed by atoms with Crippen LogP contribution in [0.5, 0.6) is 5.75 Å². The number of nitrogens with zero attached hydrogens (tertiary/aromatic N) is 2. The van der Waals surface area contributed by atoms with E-state index >= 15 is 0 Å². The Morgan fingerprint density at radius 2 is 1.79 bits per heavy atom. The molecule has 0 aliphatic carbocycles. The number of benzene rings is 2. The van der Waals surface area contributed by atoms with Crippen LogP contribution in [0.4, 0.5) is 4.39 Å². The third-order valence-electron chi connectivity index (χ3n) is 4.80. The third kappa shape index (κ3) is 6.02. The molecule has 0 unspecified atom stereocenters. The molecular weight excluding hydrogens is 373 g/mol. The van der Waals surface area contributed by atoms with Crippen LogP contribution in [-0.4, -0.2) is 60.9 Å². The van der Waals surface area contributed by atoms with Gasteiger partial charge in [0.25, 0.3) is 5.91 Å². The maximum atomic E-state index is 13.0. The van der Waals surface area contributed by atoms with E-state index < -0.39 is 0 Å².